The Kier molecular flexibility index (Phi) is 3.95. The van der Waals surface area contributed by atoms with Crippen LogP contribution in [0.25, 0.3) is 0 Å². The number of aryl methyl sites for hydroxylation is 1. The van der Waals surface area contributed by atoms with E-state index < -0.39 is 5.69 Å². The summed E-state index contributed by atoms with van der Waals surface area (Å²) >= 11 is 0. The Balaban J connectivity index is 1.79. The molecule has 22 heavy (non-hydrogen) atoms. The molecule has 0 aromatic carbocycles. The smallest absolute Gasteiger partial charge is 0.337 e. The van der Waals surface area contributed by atoms with Gasteiger partial charge < -0.3 is 9.88 Å². The van der Waals surface area contributed by atoms with Gasteiger partial charge in [0.2, 0.25) is 0 Å². The maximum absolute atomic E-state index is 12.6. The first kappa shape index (κ1) is 14.4. The number of likely N-dealkylation sites (tertiary alicyclic amines) is 1. The molecule has 7 heteroatoms. The number of aromatic nitrogens is 4. The van der Waals surface area contributed by atoms with Crippen LogP contribution in [0.3, 0.4) is 0 Å². The molecule has 1 amide bonds. The molecule has 1 unspecified atom stereocenters. The monoisotopic (exact) mass is 299 g/mol. The summed E-state index contributed by atoms with van der Waals surface area (Å²) in [6.07, 6.45) is 6.92. The van der Waals surface area contributed by atoms with Crippen LogP contribution >= 0.6 is 0 Å². The van der Waals surface area contributed by atoms with Crippen molar-refractivity contribution in [1.29, 1.82) is 0 Å². The van der Waals surface area contributed by atoms with E-state index in [9.17, 15) is 9.59 Å². The lowest BCUT2D eigenvalue weighted by atomic mass is 9.95. The maximum Gasteiger partial charge on any atom is 0.345 e. The Bertz CT molecular complexity index is 728. The van der Waals surface area contributed by atoms with E-state index in [-0.39, 0.29) is 17.5 Å². The first-order valence-corrected chi connectivity index (χ1v) is 7.26. The zero-order valence-electron chi connectivity index (χ0n) is 12.3. The second kappa shape index (κ2) is 6.05. The quantitative estimate of drug-likeness (QED) is 0.889. The Morgan fingerprint density at radius 1 is 1.41 bits per heavy atom. The molecule has 0 radical (unpaired) electrons. The van der Waals surface area contributed by atoms with Gasteiger partial charge in [-0.15, -0.1) is 0 Å². The average Bonchev–Trinajstić information content (AvgIpc) is 2.54. The van der Waals surface area contributed by atoms with Crippen LogP contribution in [-0.2, 0) is 0 Å². The van der Waals surface area contributed by atoms with Crippen molar-refractivity contribution in [3.8, 4) is 0 Å². The minimum absolute atomic E-state index is 0.175. The molecule has 1 fully saturated rings. The lowest BCUT2D eigenvalue weighted by Crippen LogP contribution is -2.40. The van der Waals surface area contributed by atoms with Crippen molar-refractivity contribution in [3.05, 3.63) is 52.2 Å². The van der Waals surface area contributed by atoms with E-state index in [0.717, 1.165) is 18.5 Å². The number of carbonyl (C=O) groups is 1. The minimum Gasteiger partial charge on any atom is -0.337 e. The van der Waals surface area contributed by atoms with Gasteiger partial charge in [0.05, 0.1) is 5.69 Å². The second-order valence-corrected chi connectivity index (χ2v) is 5.48. The third-order valence-electron chi connectivity index (χ3n) is 3.81. The first-order valence-electron chi connectivity index (χ1n) is 7.26. The highest BCUT2D eigenvalue weighted by Crippen LogP contribution is 2.25. The lowest BCUT2D eigenvalue weighted by molar-refractivity contribution is 0.0699. The first-order chi connectivity index (χ1) is 10.6. The van der Waals surface area contributed by atoms with Crippen molar-refractivity contribution in [1.82, 2.24) is 24.8 Å². The molecule has 2 aromatic rings. The van der Waals surface area contributed by atoms with Gasteiger partial charge in [0, 0.05) is 43.3 Å². The Morgan fingerprint density at radius 3 is 3.00 bits per heavy atom. The van der Waals surface area contributed by atoms with E-state index in [0.29, 0.717) is 18.8 Å². The van der Waals surface area contributed by atoms with Gasteiger partial charge in [-0.25, -0.2) is 4.79 Å². The van der Waals surface area contributed by atoms with Crippen molar-refractivity contribution < 1.29 is 4.79 Å². The predicted octanol–water partition coefficient (Wildman–Crippen LogP) is 0.888. The van der Waals surface area contributed by atoms with Gasteiger partial charge in [0.15, 0.2) is 0 Å². The van der Waals surface area contributed by atoms with Crippen molar-refractivity contribution in [2.24, 2.45) is 0 Å². The summed E-state index contributed by atoms with van der Waals surface area (Å²) in [5, 5.41) is 0. The molecule has 1 aliphatic rings. The Labute approximate surface area is 127 Å². The zero-order chi connectivity index (χ0) is 15.5. The third kappa shape index (κ3) is 3.03. The molecule has 2 aromatic heterocycles. The van der Waals surface area contributed by atoms with Gasteiger partial charge in [0.1, 0.15) is 5.69 Å². The molecular weight excluding hydrogens is 282 g/mol. The van der Waals surface area contributed by atoms with E-state index in [1.165, 1.54) is 0 Å². The molecule has 3 heterocycles. The summed E-state index contributed by atoms with van der Waals surface area (Å²) in [4.78, 5) is 40.5. The summed E-state index contributed by atoms with van der Waals surface area (Å²) in [5.41, 5.74) is 1.23. The van der Waals surface area contributed by atoms with Gasteiger partial charge in [-0.1, -0.05) is 0 Å². The highest BCUT2D eigenvalue weighted by molar-refractivity contribution is 5.92. The number of hydrogen-bond donors (Lipinski definition) is 1. The molecule has 0 saturated carbocycles. The maximum atomic E-state index is 12.6. The lowest BCUT2D eigenvalue weighted by Gasteiger charge is -2.32. The zero-order valence-corrected chi connectivity index (χ0v) is 12.3. The highest BCUT2D eigenvalue weighted by atomic mass is 16.2. The topological polar surface area (TPSA) is 91.8 Å². The number of H-pyrrole nitrogens is 1. The van der Waals surface area contributed by atoms with Crippen LogP contribution in [0.5, 0.6) is 0 Å². The largest absolute Gasteiger partial charge is 0.345 e. The van der Waals surface area contributed by atoms with E-state index >= 15 is 0 Å². The van der Waals surface area contributed by atoms with Crippen LogP contribution < -0.4 is 5.69 Å². The summed E-state index contributed by atoms with van der Waals surface area (Å²) in [7, 11) is 0. The highest BCUT2D eigenvalue weighted by Gasteiger charge is 2.27. The minimum atomic E-state index is -0.495. The molecule has 0 bridgehead atoms. The molecule has 3 rings (SSSR count). The van der Waals surface area contributed by atoms with E-state index in [4.69, 9.17) is 0 Å². The van der Waals surface area contributed by atoms with Crippen LogP contribution in [0.4, 0.5) is 0 Å². The molecule has 7 nitrogen and oxygen atoms in total. The molecule has 114 valence electrons. The number of hydrogen-bond acceptors (Lipinski definition) is 5. The van der Waals surface area contributed by atoms with Crippen molar-refractivity contribution in [3.63, 3.8) is 0 Å². The predicted molar refractivity (Wildman–Crippen MR) is 79.5 cm³/mol. The van der Waals surface area contributed by atoms with Crippen LogP contribution in [0.1, 0.15) is 40.6 Å². The second-order valence-electron chi connectivity index (χ2n) is 5.48. The van der Waals surface area contributed by atoms with Gasteiger partial charge >= 0.3 is 5.69 Å². The standard InChI is InChI=1S/C15H17N5O2/c1-10-7-12(19-15(22)18-10)14(21)20-6-2-3-11(9-20)13-8-16-4-5-17-13/h4-5,7-8,11H,2-3,6,9H2,1H3,(H,18,19,22). The van der Waals surface area contributed by atoms with Gasteiger partial charge in [-0.05, 0) is 25.8 Å². The number of aromatic amines is 1. The number of nitrogens with zero attached hydrogens (tertiary/aromatic N) is 4. The number of carbonyl (C=O) groups excluding carboxylic acids is 1. The van der Waals surface area contributed by atoms with Gasteiger partial charge in [-0.2, -0.15) is 4.98 Å². The fraction of sp³-hybridized carbons (Fsp3) is 0.400. The van der Waals surface area contributed by atoms with E-state index in [1.54, 1.807) is 36.5 Å². The normalized spacial score (nSPS) is 18.2. The number of rotatable bonds is 2. The van der Waals surface area contributed by atoms with E-state index in [2.05, 4.69) is 19.9 Å². The molecule has 0 spiro atoms. The van der Waals surface area contributed by atoms with Gasteiger partial charge in [0.25, 0.3) is 5.91 Å². The third-order valence-corrected chi connectivity index (χ3v) is 3.81. The molecule has 1 saturated heterocycles. The van der Waals surface area contributed by atoms with Crippen molar-refractivity contribution in [2.75, 3.05) is 13.1 Å². The fourth-order valence-corrected chi connectivity index (χ4v) is 2.78. The Hall–Kier alpha value is -2.57. The Morgan fingerprint density at radius 2 is 2.27 bits per heavy atom. The van der Waals surface area contributed by atoms with Crippen LogP contribution in [0.15, 0.2) is 29.5 Å². The van der Waals surface area contributed by atoms with Crippen molar-refractivity contribution in [2.45, 2.75) is 25.7 Å². The molecule has 1 aliphatic heterocycles. The molecular formula is C15H17N5O2. The molecule has 1 atom stereocenters. The molecule has 1 N–H and O–H groups in total. The number of nitrogens with one attached hydrogen (secondary N) is 1. The SMILES string of the molecule is Cc1cc(C(=O)N2CCCC(c3cnccn3)C2)nc(=O)[nH]1. The summed E-state index contributed by atoms with van der Waals surface area (Å²) in [5.74, 6) is -0.0303. The van der Waals surface area contributed by atoms with Crippen molar-refractivity contribution >= 4 is 5.91 Å². The van der Waals surface area contributed by atoms with Crippen LogP contribution in [-0.4, -0.2) is 43.8 Å². The number of piperidine rings is 1. The van der Waals surface area contributed by atoms with E-state index in [1.807, 2.05) is 0 Å². The fourth-order valence-electron chi connectivity index (χ4n) is 2.78. The number of amides is 1. The summed E-state index contributed by atoms with van der Waals surface area (Å²) in [6, 6.07) is 1.61. The van der Waals surface area contributed by atoms with Crippen LogP contribution in [0.2, 0.25) is 0 Å². The van der Waals surface area contributed by atoms with Crippen LogP contribution in [0, 0.1) is 6.92 Å². The summed E-state index contributed by atoms with van der Waals surface area (Å²) < 4.78 is 0. The summed E-state index contributed by atoms with van der Waals surface area (Å²) in [6.45, 7) is 2.98. The molecule has 0 aliphatic carbocycles. The van der Waals surface area contributed by atoms with Gasteiger partial charge in [-0.3, -0.25) is 14.8 Å². The average molecular weight is 299 g/mol.